The van der Waals surface area contributed by atoms with Crippen LogP contribution in [0.2, 0.25) is 0 Å². The minimum atomic E-state index is -0.233. The van der Waals surface area contributed by atoms with Gasteiger partial charge in [-0.25, -0.2) is 0 Å². The van der Waals surface area contributed by atoms with E-state index in [-0.39, 0.29) is 11.8 Å². The summed E-state index contributed by atoms with van der Waals surface area (Å²) < 4.78 is 5.17. The molecule has 3 aromatic rings. The molecule has 0 unspecified atom stereocenters. The zero-order valence-corrected chi connectivity index (χ0v) is 14.0. The number of carbonyl (C=O) groups excluding carboxylic acids is 2. The van der Waals surface area contributed by atoms with Gasteiger partial charge < -0.3 is 15.1 Å². The van der Waals surface area contributed by atoms with Gasteiger partial charge in [0.15, 0.2) is 0 Å². The van der Waals surface area contributed by atoms with Crippen molar-refractivity contribution in [1.82, 2.24) is 5.32 Å². The summed E-state index contributed by atoms with van der Waals surface area (Å²) in [6, 6.07) is 19.8. The van der Waals surface area contributed by atoms with Crippen LogP contribution < -0.4 is 10.6 Å². The fraction of sp³-hybridized carbons (Fsp3) is 0.0476. The Morgan fingerprint density at radius 1 is 0.923 bits per heavy atom. The highest BCUT2D eigenvalue weighted by Crippen LogP contribution is 2.10. The monoisotopic (exact) mass is 346 g/mol. The topological polar surface area (TPSA) is 71.3 Å². The van der Waals surface area contributed by atoms with E-state index in [2.05, 4.69) is 10.6 Å². The van der Waals surface area contributed by atoms with E-state index in [1.54, 1.807) is 48.7 Å². The minimum Gasteiger partial charge on any atom is -0.467 e. The lowest BCUT2D eigenvalue weighted by molar-refractivity contribution is -0.111. The summed E-state index contributed by atoms with van der Waals surface area (Å²) in [5.74, 6) is 0.250. The van der Waals surface area contributed by atoms with Crippen LogP contribution >= 0.6 is 0 Å². The summed E-state index contributed by atoms with van der Waals surface area (Å²) in [5.41, 5.74) is 2.08. The van der Waals surface area contributed by atoms with Crippen LogP contribution in [0, 0.1) is 0 Å². The van der Waals surface area contributed by atoms with Crippen molar-refractivity contribution >= 4 is 23.6 Å². The molecule has 0 fully saturated rings. The van der Waals surface area contributed by atoms with Gasteiger partial charge in [-0.3, -0.25) is 9.59 Å². The SMILES string of the molecule is O=C(/C=C/c1ccccc1)Nc1ccc(C(=O)NCc2ccco2)cc1. The predicted molar refractivity (Wildman–Crippen MR) is 100 cm³/mol. The van der Waals surface area contributed by atoms with E-state index in [1.165, 1.54) is 6.08 Å². The van der Waals surface area contributed by atoms with E-state index in [9.17, 15) is 9.59 Å². The fourth-order valence-corrected chi connectivity index (χ4v) is 2.31. The molecule has 2 amide bonds. The molecular formula is C21H18N2O3. The third-order valence-electron chi connectivity index (χ3n) is 3.64. The normalized spacial score (nSPS) is 10.6. The van der Waals surface area contributed by atoms with Gasteiger partial charge in [0.25, 0.3) is 5.91 Å². The summed E-state index contributed by atoms with van der Waals surface area (Å²) in [7, 11) is 0. The predicted octanol–water partition coefficient (Wildman–Crippen LogP) is 3.86. The molecule has 0 spiro atoms. The van der Waals surface area contributed by atoms with E-state index in [0.29, 0.717) is 23.6 Å². The lowest BCUT2D eigenvalue weighted by Gasteiger charge is -2.06. The molecule has 1 heterocycles. The number of hydrogen-bond acceptors (Lipinski definition) is 3. The van der Waals surface area contributed by atoms with Crippen molar-refractivity contribution in [3.8, 4) is 0 Å². The van der Waals surface area contributed by atoms with Crippen molar-refractivity contribution < 1.29 is 14.0 Å². The highest BCUT2D eigenvalue weighted by atomic mass is 16.3. The molecule has 0 radical (unpaired) electrons. The number of anilines is 1. The highest BCUT2D eigenvalue weighted by Gasteiger charge is 2.06. The highest BCUT2D eigenvalue weighted by molar-refractivity contribution is 6.02. The standard InChI is InChI=1S/C21H18N2O3/c24-20(13-8-16-5-2-1-3-6-16)23-18-11-9-17(10-12-18)21(25)22-15-19-7-4-14-26-19/h1-14H,15H2,(H,22,25)(H,23,24)/b13-8+. The van der Waals surface area contributed by atoms with Crippen molar-refractivity contribution in [1.29, 1.82) is 0 Å². The molecule has 2 N–H and O–H groups in total. The van der Waals surface area contributed by atoms with Gasteiger partial charge in [-0.1, -0.05) is 30.3 Å². The van der Waals surface area contributed by atoms with E-state index in [4.69, 9.17) is 4.42 Å². The van der Waals surface area contributed by atoms with Crippen molar-refractivity contribution in [3.05, 3.63) is 96.0 Å². The Morgan fingerprint density at radius 3 is 2.38 bits per heavy atom. The summed E-state index contributed by atoms with van der Waals surface area (Å²) in [6.45, 7) is 0.328. The third kappa shape index (κ3) is 4.95. The first-order valence-corrected chi connectivity index (χ1v) is 8.15. The first-order chi connectivity index (χ1) is 12.7. The van der Waals surface area contributed by atoms with Crippen molar-refractivity contribution in [2.45, 2.75) is 6.54 Å². The number of carbonyl (C=O) groups is 2. The van der Waals surface area contributed by atoms with Crippen LogP contribution in [0.5, 0.6) is 0 Å². The van der Waals surface area contributed by atoms with Gasteiger partial charge in [0.2, 0.25) is 5.91 Å². The molecule has 3 rings (SSSR count). The quantitative estimate of drug-likeness (QED) is 0.666. The molecule has 0 bridgehead atoms. The molecule has 26 heavy (non-hydrogen) atoms. The van der Waals surface area contributed by atoms with Crippen molar-refractivity contribution in [2.75, 3.05) is 5.32 Å². The van der Waals surface area contributed by atoms with Crippen LogP contribution in [0.15, 0.2) is 83.5 Å². The van der Waals surface area contributed by atoms with E-state index < -0.39 is 0 Å². The van der Waals surface area contributed by atoms with E-state index >= 15 is 0 Å². The van der Waals surface area contributed by atoms with Crippen LogP contribution in [-0.4, -0.2) is 11.8 Å². The molecule has 0 saturated carbocycles. The Balaban J connectivity index is 1.53. The van der Waals surface area contributed by atoms with Gasteiger partial charge in [0, 0.05) is 17.3 Å². The smallest absolute Gasteiger partial charge is 0.251 e. The lowest BCUT2D eigenvalue weighted by Crippen LogP contribution is -2.22. The number of rotatable bonds is 6. The van der Waals surface area contributed by atoms with Gasteiger partial charge in [-0.05, 0) is 48.0 Å². The van der Waals surface area contributed by atoms with Gasteiger partial charge in [0.1, 0.15) is 5.76 Å². The second kappa shape index (κ2) is 8.48. The first-order valence-electron chi connectivity index (χ1n) is 8.15. The Labute approximate surface area is 151 Å². The molecule has 0 saturated heterocycles. The summed E-state index contributed by atoms with van der Waals surface area (Å²) in [5, 5.41) is 5.53. The Bertz CT molecular complexity index is 883. The largest absolute Gasteiger partial charge is 0.467 e. The molecule has 0 aliphatic rings. The van der Waals surface area contributed by atoms with Gasteiger partial charge in [-0.15, -0.1) is 0 Å². The van der Waals surface area contributed by atoms with Crippen LogP contribution in [-0.2, 0) is 11.3 Å². The summed E-state index contributed by atoms with van der Waals surface area (Å²) in [6.07, 6.45) is 4.77. The van der Waals surface area contributed by atoms with E-state index in [0.717, 1.165) is 5.56 Å². The zero-order chi connectivity index (χ0) is 18.2. The molecule has 1 aromatic heterocycles. The molecule has 2 aromatic carbocycles. The summed E-state index contributed by atoms with van der Waals surface area (Å²) >= 11 is 0. The second-order valence-corrected chi connectivity index (χ2v) is 5.57. The molecular weight excluding hydrogens is 328 g/mol. The molecule has 0 atom stereocenters. The molecule has 0 aliphatic heterocycles. The average molecular weight is 346 g/mol. The molecule has 5 nitrogen and oxygen atoms in total. The maximum absolute atomic E-state index is 12.1. The van der Waals surface area contributed by atoms with Crippen LogP contribution in [0.3, 0.4) is 0 Å². The Kier molecular flexibility index (Phi) is 5.62. The first kappa shape index (κ1) is 17.2. The maximum atomic E-state index is 12.1. The van der Waals surface area contributed by atoms with E-state index in [1.807, 2.05) is 30.3 Å². The zero-order valence-electron chi connectivity index (χ0n) is 14.0. The molecule has 5 heteroatoms. The van der Waals surface area contributed by atoms with Crippen LogP contribution in [0.1, 0.15) is 21.7 Å². The molecule has 130 valence electrons. The van der Waals surface area contributed by atoms with Gasteiger partial charge in [-0.2, -0.15) is 0 Å². The van der Waals surface area contributed by atoms with Crippen LogP contribution in [0.4, 0.5) is 5.69 Å². The Morgan fingerprint density at radius 2 is 1.69 bits per heavy atom. The number of nitrogens with one attached hydrogen (secondary N) is 2. The number of hydrogen-bond donors (Lipinski definition) is 2. The van der Waals surface area contributed by atoms with Gasteiger partial charge >= 0.3 is 0 Å². The number of furan rings is 1. The van der Waals surface area contributed by atoms with Crippen LogP contribution in [0.25, 0.3) is 6.08 Å². The minimum absolute atomic E-state index is 0.205. The third-order valence-corrected chi connectivity index (χ3v) is 3.64. The second-order valence-electron chi connectivity index (χ2n) is 5.57. The number of benzene rings is 2. The van der Waals surface area contributed by atoms with Crippen molar-refractivity contribution in [3.63, 3.8) is 0 Å². The Hall–Kier alpha value is -3.60. The van der Waals surface area contributed by atoms with Crippen molar-refractivity contribution in [2.24, 2.45) is 0 Å². The molecule has 0 aliphatic carbocycles. The number of amides is 2. The average Bonchev–Trinajstić information content (AvgIpc) is 3.19. The lowest BCUT2D eigenvalue weighted by atomic mass is 10.2. The summed E-state index contributed by atoms with van der Waals surface area (Å²) in [4.78, 5) is 24.0. The maximum Gasteiger partial charge on any atom is 0.251 e. The van der Waals surface area contributed by atoms with Gasteiger partial charge in [0.05, 0.1) is 12.8 Å². The fourth-order valence-electron chi connectivity index (χ4n) is 2.31.